The Morgan fingerprint density at radius 1 is 1.31 bits per heavy atom. The summed E-state index contributed by atoms with van der Waals surface area (Å²) in [6, 6.07) is 5.70. The van der Waals surface area contributed by atoms with Gasteiger partial charge in [-0.25, -0.2) is 4.79 Å². The topological polar surface area (TPSA) is 143 Å². The van der Waals surface area contributed by atoms with Gasteiger partial charge in [-0.15, -0.1) is 0 Å². The first-order chi connectivity index (χ1) is 15.3. The predicted octanol–water partition coefficient (Wildman–Crippen LogP) is -0.138. The SMILES string of the molecule is C[C@H](O)[C@@H](NC(=O)C1=C[C@H]2OCO[C@H]2[C@H](OC(=O)c2cccc(I)c2)C1)C(=O)NCCO. The lowest BCUT2D eigenvalue weighted by Crippen LogP contribution is -2.54. The van der Waals surface area contributed by atoms with Crippen LogP contribution >= 0.6 is 22.6 Å². The molecule has 2 aliphatic rings. The van der Waals surface area contributed by atoms with Crippen LogP contribution in [-0.4, -0.2) is 78.4 Å². The number of esters is 1. The first-order valence-corrected chi connectivity index (χ1v) is 11.2. The lowest BCUT2D eigenvalue weighted by atomic mass is 9.91. The summed E-state index contributed by atoms with van der Waals surface area (Å²) in [6.07, 6.45) is -1.46. The van der Waals surface area contributed by atoms with Gasteiger partial charge in [0.15, 0.2) is 0 Å². The molecule has 1 aliphatic heterocycles. The Morgan fingerprint density at radius 3 is 2.78 bits per heavy atom. The third-order valence-electron chi connectivity index (χ3n) is 5.07. The fraction of sp³-hybridized carbons (Fsp3) is 0.476. The number of hydrogen-bond donors (Lipinski definition) is 4. The van der Waals surface area contributed by atoms with Gasteiger partial charge in [0.25, 0.3) is 0 Å². The van der Waals surface area contributed by atoms with E-state index in [-0.39, 0.29) is 31.9 Å². The maximum atomic E-state index is 12.9. The number of carbonyl (C=O) groups excluding carboxylic acids is 3. The Labute approximate surface area is 198 Å². The molecule has 0 saturated carbocycles. The van der Waals surface area contributed by atoms with Crippen molar-refractivity contribution in [2.24, 2.45) is 0 Å². The Bertz CT molecular complexity index is 890. The molecule has 1 aromatic rings. The van der Waals surface area contributed by atoms with Crippen molar-refractivity contribution in [3.63, 3.8) is 0 Å². The molecule has 10 nitrogen and oxygen atoms in total. The minimum absolute atomic E-state index is 0.00210. The lowest BCUT2D eigenvalue weighted by molar-refractivity contribution is -0.130. The number of nitrogens with one attached hydrogen (secondary N) is 2. The normalized spacial score (nSPS) is 24.0. The Kier molecular flexibility index (Phi) is 8.59. The van der Waals surface area contributed by atoms with E-state index in [1.807, 2.05) is 6.07 Å². The Balaban J connectivity index is 1.72. The van der Waals surface area contributed by atoms with Gasteiger partial charge in [-0.2, -0.15) is 0 Å². The quantitative estimate of drug-likeness (QED) is 0.254. The molecule has 0 unspecified atom stereocenters. The predicted molar refractivity (Wildman–Crippen MR) is 119 cm³/mol. The van der Waals surface area contributed by atoms with Crippen LogP contribution in [0.3, 0.4) is 0 Å². The largest absolute Gasteiger partial charge is 0.456 e. The minimum atomic E-state index is -1.22. The van der Waals surface area contributed by atoms with Gasteiger partial charge in [0.05, 0.1) is 18.3 Å². The van der Waals surface area contributed by atoms with Gasteiger partial charge in [-0.1, -0.05) is 6.07 Å². The van der Waals surface area contributed by atoms with Crippen LogP contribution in [0.25, 0.3) is 0 Å². The standard InChI is InChI=1S/C21H25IN2O8/c1-11(26)17(20(28)23-5-6-25)24-19(27)13-8-15-18(31-10-30-15)16(9-13)32-21(29)12-3-2-4-14(22)7-12/h2-4,7-8,11,15-18,25-26H,5-6,9-10H2,1H3,(H,23,28)(H,24,27)/t11-,15+,16+,17+,18+/m0/s1. The fourth-order valence-electron chi connectivity index (χ4n) is 3.47. The van der Waals surface area contributed by atoms with Crippen LogP contribution < -0.4 is 10.6 Å². The second-order valence-electron chi connectivity index (χ2n) is 7.44. The number of benzene rings is 1. The number of fused-ring (bicyclic) bond motifs is 1. The number of aliphatic hydroxyl groups is 2. The smallest absolute Gasteiger partial charge is 0.338 e. The highest BCUT2D eigenvalue weighted by Crippen LogP contribution is 2.31. The van der Waals surface area contributed by atoms with Gasteiger partial charge in [-0.3, -0.25) is 9.59 Å². The summed E-state index contributed by atoms with van der Waals surface area (Å²) < 4.78 is 17.6. The fourth-order valence-corrected chi connectivity index (χ4v) is 4.02. The van der Waals surface area contributed by atoms with Crippen LogP contribution in [0.5, 0.6) is 0 Å². The van der Waals surface area contributed by atoms with Crippen LogP contribution in [0, 0.1) is 3.57 Å². The molecule has 1 aliphatic carbocycles. The van der Waals surface area contributed by atoms with Crippen molar-refractivity contribution in [2.45, 2.75) is 43.8 Å². The molecule has 0 radical (unpaired) electrons. The van der Waals surface area contributed by atoms with E-state index < -0.39 is 48.2 Å². The summed E-state index contributed by atoms with van der Waals surface area (Å²) in [6.45, 7) is 1.09. The highest BCUT2D eigenvalue weighted by Gasteiger charge is 2.43. The van der Waals surface area contributed by atoms with E-state index in [4.69, 9.17) is 19.3 Å². The second kappa shape index (κ2) is 11.2. The zero-order chi connectivity index (χ0) is 23.3. The molecular formula is C21H25IN2O8. The summed E-state index contributed by atoms with van der Waals surface area (Å²) >= 11 is 2.09. The molecule has 174 valence electrons. The Morgan fingerprint density at radius 2 is 2.09 bits per heavy atom. The number of aliphatic hydroxyl groups excluding tert-OH is 2. The van der Waals surface area contributed by atoms with Crippen molar-refractivity contribution in [1.82, 2.24) is 10.6 Å². The van der Waals surface area contributed by atoms with Crippen molar-refractivity contribution in [2.75, 3.05) is 19.9 Å². The van der Waals surface area contributed by atoms with Gasteiger partial charge < -0.3 is 35.1 Å². The van der Waals surface area contributed by atoms with E-state index >= 15 is 0 Å². The van der Waals surface area contributed by atoms with E-state index in [1.165, 1.54) is 6.92 Å². The zero-order valence-corrected chi connectivity index (χ0v) is 19.5. The van der Waals surface area contributed by atoms with E-state index in [0.717, 1.165) is 3.57 Å². The average Bonchev–Trinajstić information content (AvgIpc) is 3.24. The molecule has 3 rings (SSSR count). The van der Waals surface area contributed by atoms with Crippen molar-refractivity contribution < 1.29 is 38.8 Å². The van der Waals surface area contributed by atoms with E-state index in [0.29, 0.717) is 5.56 Å². The molecule has 1 aromatic carbocycles. The molecule has 2 amide bonds. The molecule has 1 heterocycles. The number of carbonyl (C=O) groups is 3. The lowest BCUT2D eigenvalue weighted by Gasteiger charge is -2.31. The van der Waals surface area contributed by atoms with E-state index in [2.05, 4.69) is 33.2 Å². The summed E-state index contributed by atoms with van der Waals surface area (Å²) in [4.78, 5) is 37.7. The molecule has 0 aromatic heterocycles. The van der Waals surface area contributed by atoms with Crippen molar-refractivity contribution in [3.8, 4) is 0 Å². The number of amides is 2. The van der Waals surface area contributed by atoms with Crippen LogP contribution in [0.2, 0.25) is 0 Å². The third kappa shape index (κ3) is 6.04. The molecular weight excluding hydrogens is 535 g/mol. The van der Waals surface area contributed by atoms with E-state index in [1.54, 1.807) is 24.3 Å². The van der Waals surface area contributed by atoms with Crippen molar-refractivity contribution in [3.05, 3.63) is 45.0 Å². The van der Waals surface area contributed by atoms with Gasteiger partial charge in [0.2, 0.25) is 11.8 Å². The van der Waals surface area contributed by atoms with Crippen molar-refractivity contribution >= 4 is 40.4 Å². The summed E-state index contributed by atoms with van der Waals surface area (Å²) in [5.41, 5.74) is 0.625. The molecule has 1 saturated heterocycles. The number of hydrogen-bond acceptors (Lipinski definition) is 8. The summed E-state index contributed by atoms with van der Waals surface area (Å²) in [5, 5.41) is 23.7. The van der Waals surface area contributed by atoms with Gasteiger partial charge >= 0.3 is 5.97 Å². The maximum Gasteiger partial charge on any atom is 0.338 e. The van der Waals surface area contributed by atoms with Crippen LogP contribution in [0.15, 0.2) is 35.9 Å². The monoisotopic (exact) mass is 560 g/mol. The van der Waals surface area contributed by atoms with Gasteiger partial charge in [0, 0.05) is 22.1 Å². The van der Waals surface area contributed by atoms with Gasteiger partial charge in [0.1, 0.15) is 31.1 Å². The molecule has 1 fully saturated rings. The maximum absolute atomic E-state index is 12.9. The summed E-state index contributed by atoms with van der Waals surface area (Å²) in [7, 11) is 0. The first kappa shape index (κ1) is 24.6. The first-order valence-electron chi connectivity index (χ1n) is 10.1. The van der Waals surface area contributed by atoms with Gasteiger partial charge in [-0.05, 0) is 53.8 Å². The van der Waals surface area contributed by atoms with Crippen LogP contribution in [-0.2, 0) is 23.8 Å². The van der Waals surface area contributed by atoms with Crippen LogP contribution in [0.1, 0.15) is 23.7 Å². The molecule has 5 atom stereocenters. The van der Waals surface area contributed by atoms with E-state index in [9.17, 15) is 19.5 Å². The minimum Gasteiger partial charge on any atom is -0.456 e. The second-order valence-corrected chi connectivity index (χ2v) is 8.68. The molecule has 0 bridgehead atoms. The van der Waals surface area contributed by atoms with Crippen LogP contribution in [0.4, 0.5) is 0 Å². The molecule has 11 heteroatoms. The third-order valence-corrected chi connectivity index (χ3v) is 5.74. The summed E-state index contributed by atoms with van der Waals surface area (Å²) in [5.74, 6) is -1.77. The molecule has 4 N–H and O–H groups in total. The molecule has 0 spiro atoms. The van der Waals surface area contributed by atoms with Crippen molar-refractivity contribution in [1.29, 1.82) is 0 Å². The number of halogens is 1. The average molecular weight is 560 g/mol. The Hall–Kier alpha value is -2.06. The number of rotatable bonds is 8. The zero-order valence-electron chi connectivity index (χ0n) is 17.3. The number of ether oxygens (including phenoxy) is 3. The molecule has 32 heavy (non-hydrogen) atoms. The highest BCUT2D eigenvalue weighted by molar-refractivity contribution is 14.1. The highest BCUT2D eigenvalue weighted by atomic mass is 127.